The number of furan rings is 1. The summed E-state index contributed by atoms with van der Waals surface area (Å²) in [6.07, 6.45) is 1.59. The largest absolute Gasteiger partial charge is 0.467 e. The molecule has 0 saturated heterocycles. The Morgan fingerprint density at radius 1 is 1.25 bits per heavy atom. The molecular weight excluding hydrogens is 320 g/mol. The molecule has 5 heteroatoms. The Balaban J connectivity index is 1.78. The molecule has 1 aromatic heterocycles. The minimum absolute atomic E-state index is 0.0477. The molecule has 20 heavy (non-hydrogen) atoms. The van der Waals surface area contributed by atoms with Crippen LogP contribution in [0, 0.1) is 0 Å². The molecule has 0 fully saturated rings. The van der Waals surface area contributed by atoms with E-state index in [4.69, 9.17) is 4.42 Å². The van der Waals surface area contributed by atoms with E-state index in [9.17, 15) is 4.79 Å². The highest BCUT2D eigenvalue weighted by molar-refractivity contribution is 9.10. The lowest BCUT2D eigenvalue weighted by Crippen LogP contribution is -2.41. The van der Waals surface area contributed by atoms with E-state index in [1.54, 1.807) is 12.3 Å². The highest BCUT2D eigenvalue weighted by Crippen LogP contribution is 2.15. The maximum Gasteiger partial charge on any atom is 0.237 e. The Bertz CT molecular complexity index is 555. The first-order valence-electron chi connectivity index (χ1n) is 6.43. The fourth-order valence-electron chi connectivity index (χ4n) is 1.74. The number of hydrogen-bond acceptors (Lipinski definition) is 3. The third kappa shape index (κ3) is 4.21. The third-order valence-corrected chi connectivity index (χ3v) is 3.74. The summed E-state index contributed by atoms with van der Waals surface area (Å²) in [7, 11) is 0. The van der Waals surface area contributed by atoms with Crippen LogP contribution >= 0.6 is 15.9 Å². The second-order valence-electron chi connectivity index (χ2n) is 4.49. The van der Waals surface area contributed by atoms with Crippen LogP contribution in [0.4, 0.5) is 0 Å². The number of halogens is 1. The Kier molecular flexibility index (Phi) is 5.38. The van der Waals surface area contributed by atoms with Gasteiger partial charge in [-0.3, -0.25) is 4.79 Å². The van der Waals surface area contributed by atoms with Crippen molar-refractivity contribution >= 4 is 21.8 Å². The molecule has 2 rings (SSSR count). The molecule has 0 bridgehead atoms. The molecule has 0 aliphatic carbocycles. The predicted octanol–water partition coefficient (Wildman–Crippen LogP) is 2.84. The summed E-state index contributed by atoms with van der Waals surface area (Å²) in [5.74, 6) is 0.699. The van der Waals surface area contributed by atoms with E-state index in [2.05, 4.69) is 26.6 Å². The zero-order valence-electron chi connectivity index (χ0n) is 11.2. The van der Waals surface area contributed by atoms with Gasteiger partial charge in [0.05, 0.1) is 18.8 Å². The summed E-state index contributed by atoms with van der Waals surface area (Å²) >= 11 is 3.49. The van der Waals surface area contributed by atoms with E-state index in [-0.39, 0.29) is 11.9 Å². The lowest BCUT2D eigenvalue weighted by molar-refractivity contribution is -0.123. The average molecular weight is 337 g/mol. The number of carbonyl (C=O) groups excluding carboxylic acids is 1. The van der Waals surface area contributed by atoms with Gasteiger partial charge in [0.15, 0.2) is 0 Å². The van der Waals surface area contributed by atoms with Crippen molar-refractivity contribution in [1.29, 1.82) is 0 Å². The monoisotopic (exact) mass is 336 g/mol. The van der Waals surface area contributed by atoms with Crippen molar-refractivity contribution in [1.82, 2.24) is 10.6 Å². The van der Waals surface area contributed by atoms with Crippen molar-refractivity contribution in [2.75, 3.05) is 0 Å². The fraction of sp³-hybridized carbons (Fsp3) is 0.267. The topological polar surface area (TPSA) is 54.3 Å². The van der Waals surface area contributed by atoms with Crippen LogP contribution in [-0.2, 0) is 17.9 Å². The van der Waals surface area contributed by atoms with Gasteiger partial charge >= 0.3 is 0 Å². The molecule has 4 nitrogen and oxygen atoms in total. The number of carbonyl (C=O) groups is 1. The summed E-state index contributed by atoms with van der Waals surface area (Å²) in [4.78, 5) is 11.9. The molecule has 0 spiro atoms. The maximum atomic E-state index is 11.9. The van der Waals surface area contributed by atoms with Crippen molar-refractivity contribution in [3.8, 4) is 0 Å². The minimum Gasteiger partial charge on any atom is -0.467 e. The smallest absolute Gasteiger partial charge is 0.237 e. The van der Waals surface area contributed by atoms with Crippen LogP contribution in [0.25, 0.3) is 0 Å². The average Bonchev–Trinajstić information content (AvgIpc) is 2.97. The standard InChI is InChI=1S/C15H17BrN2O2/c1-11(15(19)18-10-13-6-4-8-20-13)17-9-12-5-2-3-7-14(12)16/h2-8,11,17H,9-10H2,1H3,(H,18,19). The van der Waals surface area contributed by atoms with Crippen molar-refractivity contribution in [2.45, 2.75) is 26.1 Å². The van der Waals surface area contributed by atoms with Crippen molar-refractivity contribution in [3.63, 3.8) is 0 Å². The molecule has 1 unspecified atom stereocenters. The van der Waals surface area contributed by atoms with E-state index >= 15 is 0 Å². The highest BCUT2D eigenvalue weighted by Gasteiger charge is 2.12. The molecule has 2 aromatic rings. The van der Waals surface area contributed by atoms with Gasteiger partial charge in [0.1, 0.15) is 5.76 Å². The molecular formula is C15H17BrN2O2. The van der Waals surface area contributed by atoms with E-state index < -0.39 is 0 Å². The maximum absolute atomic E-state index is 11.9. The predicted molar refractivity (Wildman–Crippen MR) is 81.0 cm³/mol. The SMILES string of the molecule is CC(NCc1ccccc1Br)C(=O)NCc1ccco1. The summed E-state index contributed by atoms with van der Waals surface area (Å²) < 4.78 is 6.21. The van der Waals surface area contributed by atoms with Crippen molar-refractivity contribution in [2.24, 2.45) is 0 Å². The lowest BCUT2D eigenvalue weighted by Gasteiger charge is -2.14. The van der Waals surface area contributed by atoms with Gasteiger partial charge < -0.3 is 15.1 Å². The van der Waals surface area contributed by atoms with Gasteiger partial charge in [-0.05, 0) is 30.7 Å². The summed E-state index contributed by atoms with van der Waals surface area (Å²) in [6.45, 7) is 2.89. The number of rotatable bonds is 6. The minimum atomic E-state index is -0.267. The van der Waals surface area contributed by atoms with Crippen molar-refractivity contribution in [3.05, 3.63) is 58.5 Å². The first-order chi connectivity index (χ1) is 9.66. The van der Waals surface area contributed by atoms with E-state index in [1.165, 1.54) is 0 Å². The fourth-order valence-corrected chi connectivity index (χ4v) is 2.16. The second-order valence-corrected chi connectivity index (χ2v) is 5.35. The summed E-state index contributed by atoms with van der Waals surface area (Å²) in [6, 6.07) is 11.3. The van der Waals surface area contributed by atoms with Gasteiger partial charge in [0.25, 0.3) is 0 Å². The quantitative estimate of drug-likeness (QED) is 0.852. The molecule has 0 saturated carbocycles. The molecule has 0 aliphatic rings. The van der Waals surface area contributed by atoms with Gasteiger partial charge in [-0.25, -0.2) is 0 Å². The van der Waals surface area contributed by atoms with E-state index in [0.717, 1.165) is 15.8 Å². The first-order valence-corrected chi connectivity index (χ1v) is 7.23. The number of nitrogens with one attached hydrogen (secondary N) is 2. The Hall–Kier alpha value is -1.59. The second kappa shape index (κ2) is 7.26. The van der Waals surface area contributed by atoms with E-state index in [1.807, 2.05) is 37.3 Å². The van der Waals surface area contributed by atoms with Crippen LogP contribution in [0.5, 0.6) is 0 Å². The van der Waals surface area contributed by atoms with Crippen molar-refractivity contribution < 1.29 is 9.21 Å². The zero-order valence-corrected chi connectivity index (χ0v) is 12.8. The molecule has 1 atom stereocenters. The normalized spacial score (nSPS) is 12.1. The lowest BCUT2D eigenvalue weighted by atomic mass is 10.2. The van der Waals surface area contributed by atoms with Gasteiger partial charge in [-0.1, -0.05) is 34.1 Å². The Morgan fingerprint density at radius 3 is 2.75 bits per heavy atom. The zero-order chi connectivity index (χ0) is 14.4. The van der Waals surface area contributed by atoms with Gasteiger partial charge in [0.2, 0.25) is 5.91 Å². The van der Waals surface area contributed by atoms with E-state index in [0.29, 0.717) is 13.1 Å². The molecule has 1 heterocycles. The van der Waals surface area contributed by atoms with Gasteiger partial charge in [-0.15, -0.1) is 0 Å². The number of benzene rings is 1. The molecule has 1 amide bonds. The summed E-state index contributed by atoms with van der Waals surface area (Å²) in [5, 5.41) is 6.03. The van der Waals surface area contributed by atoms with Crippen LogP contribution in [0.1, 0.15) is 18.2 Å². The van der Waals surface area contributed by atoms with Crippen LogP contribution in [0.3, 0.4) is 0 Å². The Labute approximate surface area is 126 Å². The highest BCUT2D eigenvalue weighted by atomic mass is 79.9. The first kappa shape index (κ1) is 14.8. The van der Waals surface area contributed by atoms with Crippen LogP contribution < -0.4 is 10.6 Å². The van der Waals surface area contributed by atoms with Crippen LogP contribution in [0.2, 0.25) is 0 Å². The number of amides is 1. The van der Waals surface area contributed by atoms with Crippen LogP contribution in [-0.4, -0.2) is 11.9 Å². The molecule has 1 aromatic carbocycles. The summed E-state index contributed by atoms with van der Waals surface area (Å²) in [5.41, 5.74) is 1.12. The van der Waals surface area contributed by atoms with Crippen LogP contribution in [0.15, 0.2) is 51.6 Å². The molecule has 2 N–H and O–H groups in total. The van der Waals surface area contributed by atoms with Gasteiger partial charge in [-0.2, -0.15) is 0 Å². The Morgan fingerprint density at radius 2 is 2.05 bits per heavy atom. The molecule has 0 radical (unpaired) electrons. The molecule has 106 valence electrons. The molecule has 0 aliphatic heterocycles. The third-order valence-electron chi connectivity index (χ3n) is 2.97. The van der Waals surface area contributed by atoms with Gasteiger partial charge in [0, 0.05) is 11.0 Å². The number of hydrogen-bond donors (Lipinski definition) is 2.